The third kappa shape index (κ3) is 6.55. The highest BCUT2D eigenvalue weighted by molar-refractivity contribution is 7.89. The van der Waals surface area contributed by atoms with Gasteiger partial charge in [0, 0.05) is 18.7 Å². The van der Waals surface area contributed by atoms with E-state index in [1.807, 2.05) is 31.2 Å². The van der Waals surface area contributed by atoms with Crippen molar-refractivity contribution in [3.8, 4) is 5.75 Å². The predicted molar refractivity (Wildman–Crippen MR) is 126 cm³/mol. The summed E-state index contributed by atoms with van der Waals surface area (Å²) in [6.07, 6.45) is 1.66. The molecule has 1 aliphatic rings. The number of aryl methyl sites for hydroxylation is 1. The topological polar surface area (TPSA) is 114 Å². The second kappa shape index (κ2) is 10.8. The van der Waals surface area contributed by atoms with E-state index in [4.69, 9.17) is 4.74 Å². The molecule has 2 aromatic rings. The van der Waals surface area contributed by atoms with E-state index in [-0.39, 0.29) is 23.3 Å². The van der Waals surface area contributed by atoms with Gasteiger partial charge in [-0.05, 0) is 67.1 Å². The Balaban J connectivity index is 1.69. The van der Waals surface area contributed by atoms with Gasteiger partial charge in [0.05, 0.1) is 11.5 Å². The van der Waals surface area contributed by atoms with Crippen LogP contribution in [0.4, 0.5) is 5.69 Å². The molecule has 0 aliphatic carbocycles. The number of hydrogen-bond donors (Lipinski definition) is 3. The molecular weight excluding hydrogens is 442 g/mol. The van der Waals surface area contributed by atoms with Crippen molar-refractivity contribution in [2.75, 3.05) is 11.9 Å². The first-order valence-electron chi connectivity index (χ1n) is 11.1. The second-order valence-corrected chi connectivity index (χ2v) is 10.1. The molecule has 1 unspecified atom stereocenters. The van der Waals surface area contributed by atoms with Crippen LogP contribution in [0.5, 0.6) is 5.75 Å². The van der Waals surface area contributed by atoms with Crippen molar-refractivity contribution in [2.45, 2.75) is 57.5 Å². The molecule has 0 saturated heterocycles. The molecule has 8 nitrogen and oxygen atoms in total. The third-order valence-electron chi connectivity index (χ3n) is 5.44. The summed E-state index contributed by atoms with van der Waals surface area (Å²) >= 11 is 0. The molecule has 9 heteroatoms. The van der Waals surface area contributed by atoms with Crippen LogP contribution >= 0.6 is 0 Å². The van der Waals surface area contributed by atoms with E-state index in [1.54, 1.807) is 26.0 Å². The van der Waals surface area contributed by atoms with Crippen molar-refractivity contribution in [3.63, 3.8) is 0 Å². The summed E-state index contributed by atoms with van der Waals surface area (Å²) in [4.78, 5) is 24.7. The van der Waals surface area contributed by atoms with E-state index in [0.717, 1.165) is 16.9 Å². The number of sulfonamides is 1. The Bertz CT molecular complexity index is 1100. The van der Waals surface area contributed by atoms with Gasteiger partial charge in [-0.25, -0.2) is 8.42 Å². The monoisotopic (exact) mass is 473 g/mol. The van der Waals surface area contributed by atoms with Crippen molar-refractivity contribution in [2.24, 2.45) is 5.92 Å². The van der Waals surface area contributed by atoms with Crippen LogP contribution in [-0.4, -0.2) is 32.9 Å². The molecule has 3 rings (SSSR count). The zero-order chi connectivity index (χ0) is 24.0. The van der Waals surface area contributed by atoms with E-state index in [9.17, 15) is 18.0 Å². The summed E-state index contributed by atoms with van der Waals surface area (Å²) < 4.78 is 34.1. The number of carbonyl (C=O) groups is 2. The Morgan fingerprint density at radius 3 is 2.52 bits per heavy atom. The lowest BCUT2D eigenvalue weighted by Gasteiger charge is -2.22. The zero-order valence-corrected chi connectivity index (χ0v) is 20.0. The Morgan fingerprint density at radius 2 is 1.85 bits per heavy atom. The number of amides is 2. The molecule has 33 heavy (non-hydrogen) atoms. The second-order valence-electron chi connectivity index (χ2n) is 8.36. The smallest absolute Gasteiger partial charge is 0.241 e. The number of anilines is 1. The number of nitrogens with one attached hydrogen (secondary N) is 3. The van der Waals surface area contributed by atoms with E-state index in [0.29, 0.717) is 31.6 Å². The number of benzene rings is 2. The average molecular weight is 474 g/mol. The molecule has 0 fully saturated rings. The number of rotatable bonds is 9. The Labute approximate surface area is 195 Å². The van der Waals surface area contributed by atoms with Crippen LogP contribution in [0.15, 0.2) is 47.4 Å². The van der Waals surface area contributed by atoms with Crippen molar-refractivity contribution in [1.29, 1.82) is 0 Å². The minimum absolute atomic E-state index is 0.0716. The number of ether oxygens (including phenoxy) is 1. The molecule has 178 valence electrons. The van der Waals surface area contributed by atoms with Crippen LogP contribution in [0.25, 0.3) is 0 Å². The average Bonchev–Trinajstić information content (AvgIpc) is 2.96. The Morgan fingerprint density at radius 1 is 1.12 bits per heavy atom. The summed E-state index contributed by atoms with van der Waals surface area (Å²) in [5.74, 6) is 0.0111. The molecule has 0 radical (unpaired) electrons. The van der Waals surface area contributed by atoms with E-state index in [2.05, 4.69) is 15.4 Å². The predicted octanol–water partition coefficient (Wildman–Crippen LogP) is 2.98. The van der Waals surface area contributed by atoms with Gasteiger partial charge in [0.2, 0.25) is 21.8 Å². The highest BCUT2D eigenvalue weighted by Crippen LogP contribution is 2.25. The van der Waals surface area contributed by atoms with Crippen LogP contribution in [0.3, 0.4) is 0 Å². The maximum Gasteiger partial charge on any atom is 0.241 e. The molecule has 1 heterocycles. The third-order valence-corrected chi connectivity index (χ3v) is 6.88. The lowest BCUT2D eigenvalue weighted by molar-refractivity contribution is -0.123. The number of fused-ring (bicyclic) bond motifs is 1. The lowest BCUT2D eigenvalue weighted by Crippen LogP contribution is -2.49. The normalized spacial score (nSPS) is 14.7. The van der Waals surface area contributed by atoms with E-state index < -0.39 is 22.0 Å². The van der Waals surface area contributed by atoms with Crippen LogP contribution in [0, 0.1) is 5.92 Å². The van der Waals surface area contributed by atoms with Crippen molar-refractivity contribution in [3.05, 3.63) is 53.6 Å². The summed E-state index contributed by atoms with van der Waals surface area (Å²) in [6, 6.07) is 11.0. The SMILES string of the molecule is CCOc1ccc(CNC(=O)C(NS(=O)(=O)c2ccc3c(c2)CCCC(=O)N3)C(C)C)cc1. The first-order valence-corrected chi connectivity index (χ1v) is 12.6. The fourth-order valence-corrected chi connectivity index (χ4v) is 5.01. The number of hydrogen-bond acceptors (Lipinski definition) is 5. The first-order chi connectivity index (χ1) is 15.7. The maximum absolute atomic E-state index is 13.1. The van der Waals surface area contributed by atoms with Crippen LogP contribution in [0.2, 0.25) is 0 Å². The molecule has 0 saturated carbocycles. The van der Waals surface area contributed by atoms with Gasteiger partial charge in [0.1, 0.15) is 11.8 Å². The van der Waals surface area contributed by atoms with Crippen LogP contribution < -0.4 is 20.1 Å². The molecule has 1 aliphatic heterocycles. The minimum atomic E-state index is -3.94. The Hall–Kier alpha value is -2.91. The molecule has 0 bridgehead atoms. The van der Waals surface area contributed by atoms with Gasteiger partial charge in [-0.3, -0.25) is 9.59 Å². The molecule has 1 atom stereocenters. The van der Waals surface area contributed by atoms with Crippen molar-refractivity contribution in [1.82, 2.24) is 10.0 Å². The Kier molecular flexibility index (Phi) is 8.10. The fourth-order valence-electron chi connectivity index (χ4n) is 3.61. The maximum atomic E-state index is 13.1. The molecule has 0 aromatic heterocycles. The molecular formula is C24H31N3O5S. The van der Waals surface area contributed by atoms with Crippen molar-refractivity contribution >= 4 is 27.5 Å². The standard InChI is InChI=1S/C24H31N3O5S/c1-4-32-19-10-8-17(9-11-19)15-25-24(29)23(16(2)3)27-33(30,31)20-12-13-21-18(14-20)6-5-7-22(28)26-21/h8-14,16,23,27H,4-7,15H2,1-3H3,(H,25,29)(H,26,28). The van der Waals surface area contributed by atoms with Gasteiger partial charge < -0.3 is 15.4 Å². The van der Waals surface area contributed by atoms with Gasteiger partial charge in [-0.2, -0.15) is 4.72 Å². The molecule has 3 N–H and O–H groups in total. The number of carbonyl (C=O) groups excluding carboxylic acids is 2. The van der Waals surface area contributed by atoms with Gasteiger partial charge in [0.15, 0.2) is 0 Å². The quantitative estimate of drug-likeness (QED) is 0.518. The molecule has 2 amide bonds. The lowest BCUT2D eigenvalue weighted by atomic mass is 10.0. The van der Waals surface area contributed by atoms with Crippen molar-refractivity contribution < 1.29 is 22.7 Å². The summed E-state index contributed by atoms with van der Waals surface area (Å²) in [5.41, 5.74) is 2.28. The largest absolute Gasteiger partial charge is 0.494 e. The van der Waals surface area contributed by atoms with Gasteiger partial charge in [0.25, 0.3) is 0 Å². The highest BCUT2D eigenvalue weighted by atomic mass is 32.2. The molecule has 0 spiro atoms. The molecule has 2 aromatic carbocycles. The summed E-state index contributed by atoms with van der Waals surface area (Å²) in [5, 5.41) is 5.61. The van der Waals surface area contributed by atoms with Crippen LogP contribution in [0.1, 0.15) is 44.7 Å². The first kappa shape index (κ1) is 24.7. The fraction of sp³-hybridized carbons (Fsp3) is 0.417. The highest BCUT2D eigenvalue weighted by Gasteiger charge is 2.29. The summed E-state index contributed by atoms with van der Waals surface area (Å²) in [6.45, 7) is 6.33. The van der Waals surface area contributed by atoms with Gasteiger partial charge >= 0.3 is 0 Å². The van der Waals surface area contributed by atoms with Gasteiger partial charge in [-0.15, -0.1) is 0 Å². The zero-order valence-electron chi connectivity index (χ0n) is 19.2. The summed E-state index contributed by atoms with van der Waals surface area (Å²) in [7, 11) is -3.94. The van der Waals surface area contributed by atoms with E-state index in [1.165, 1.54) is 6.07 Å². The van der Waals surface area contributed by atoms with Crippen LogP contribution in [-0.2, 0) is 32.6 Å². The van der Waals surface area contributed by atoms with Gasteiger partial charge in [-0.1, -0.05) is 26.0 Å². The van der Waals surface area contributed by atoms with E-state index >= 15 is 0 Å². The minimum Gasteiger partial charge on any atom is -0.494 e.